The normalized spacial score (nSPS) is 18.6. The molecule has 4 rings (SSSR count). The Morgan fingerprint density at radius 1 is 1.19 bits per heavy atom. The summed E-state index contributed by atoms with van der Waals surface area (Å²) in [5.41, 5.74) is 1.75. The molecule has 0 unspecified atom stereocenters. The molecule has 134 valence electrons. The smallest absolute Gasteiger partial charge is 0.305 e. The van der Waals surface area contributed by atoms with Gasteiger partial charge in [-0.3, -0.25) is 14.4 Å². The van der Waals surface area contributed by atoms with Gasteiger partial charge in [-0.15, -0.1) is 0 Å². The van der Waals surface area contributed by atoms with Crippen LogP contribution < -0.4 is 4.90 Å². The Kier molecular flexibility index (Phi) is 3.23. The molecule has 2 aliphatic rings. The number of carbonyl (C=O) groups is 3. The highest BCUT2D eigenvalue weighted by Crippen LogP contribution is 2.48. The molecule has 0 aliphatic carbocycles. The fourth-order valence-electron chi connectivity index (χ4n) is 4.51. The third-order valence-electron chi connectivity index (χ3n) is 5.63. The second-order valence-electron chi connectivity index (χ2n) is 7.59. The van der Waals surface area contributed by atoms with Crippen molar-refractivity contribution in [3.8, 4) is 0 Å². The molecule has 0 fully saturated rings. The van der Waals surface area contributed by atoms with Gasteiger partial charge in [0.15, 0.2) is 0 Å². The van der Waals surface area contributed by atoms with Crippen molar-refractivity contribution in [3.05, 3.63) is 41.0 Å². The van der Waals surface area contributed by atoms with Crippen LogP contribution in [0.2, 0.25) is 0 Å². The first-order valence-corrected chi connectivity index (χ1v) is 8.60. The highest BCUT2D eigenvalue weighted by Gasteiger charge is 2.49. The van der Waals surface area contributed by atoms with E-state index in [1.807, 2.05) is 38.1 Å². The minimum Gasteiger partial charge on any atom is -0.481 e. The van der Waals surface area contributed by atoms with Crippen molar-refractivity contribution in [2.24, 2.45) is 0 Å². The van der Waals surface area contributed by atoms with E-state index in [-0.39, 0.29) is 18.2 Å². The van der Waals surface area contributed by atoms with Gasteiger partial charge in [-0.25, -0.2) is 0 Å². The monoisotopic (exact) mass is 352 g/mol. The van der Waals surface area contributed by atoms with Crippen LogP contribution in [0.4, 0.5) is 5.69 Å². The van der Waals surface area contributed by atoms with E-state index in [1.54, 1.807) is 23.8 Å². The Bertz CT molecular complexity index is 1010. The number of fused-ring (bicyclic) bond motifs is 2. The first kappa shape index (κ1) is 16.6. The maximum atomic E-state index is 13.3. The lowest BCUT2D eigenvalue weighted by Crippen LogP contribution is -2.46. The van der Waals surface area contributed by atoms with E-state index < -0.39 is 17.6 Å². The van der Waals surface area contributed by atoms with Crippen LogP contribution in [0.15, 0.2) is 24.3 Å². The SMILES string of the molecule is C[C@@H](CC(=O)O)N1C(=O)c2c(cc3cccc4c3c2C(=O)N4C)C1(C)C. The molecule has 0 saturated heterocycles. The molecule has 2 amide bonds. The summed E-state index contributed by atoms with van der Waals surface area (Å²) >= 11 is 0. The molecule has 0 aromatic heterocycles. The van der Waals surface area contributed by atoms with Crippen LogP contribution in [0.1, 0.15) is 53.5 Å². The van der Waals surface area contributed by atoms with E-state index >= 15 is 0 Å². The van der Waals surface area contributed by atoms with Gasteiger partial charge in [-0.05, 0) is 43.9 Å². The van der Waals surface area contributed by atoms with Crippen molar-refractivity contribution in [1.82, 2.24) is 4.90 Å². The third kappa shape index (κ3) is 1.90. The molecule has 2 aromatic rings. The van der Waals surface area contributed by atoms with E-state index in [0.717, 1.165) is 22.0 Å². The zero-order valence-electron chi connectivity index (χ0n) is 15.2. The molecule has 6 heteroatoms. The number of anilines is 1. The van der Waals surface area contributed by atoms with Crippen LogP contribution >= 0.6 is 0 Å². The zero-order chi connectivity index (χ0) is 19.0. The Balaban J connectivity index is 2.00. The van der Waals surface area contributed by atoms with Gasteiger partial charge in [0.05, 0.1) is 28.8 Å². The van der Waals surface area contributed by atoms with Crippen molar-refractivity contribution >= 4 is 34.2 Å². The Labute approximate surface area is 151 Å². The molecule has 0 saturated carbocycles. The van der Waals surface area contributed by atoms with Gasteiger partial charge in [0.1, 0.15) is 0 Å². The summed E-state index contributed by atoms with van der Waals surface area (Å²) in [5.74, 6) is -1.41. The lowest BCUT2D eigenvalue weighted by molar-refractivity contribution is -0.138. The molecule has 0 bridgehead atoms. The molecule has 2 aliphatic heterocycles. The molecule has 0 spiro atoms. The minimum atomic E-state index is -0.954. The summed E-state index contributed by atoms with van der Waals surface area (Å²) in [6.07, 6.45) is -0.142. The van der Waals surface area contributed by atoms with Crippen molar-refractivity contribution in [1.29, 1.82) is 0 Å². The summed E-state index contributed by atoms with van der Waals surface area (Å²) in [6, 6.07) is 7.20. The number of aliphatic carboxylic acids is 1. The number of rotatable bonds is 3. The van der Waals surface area contributed by atoms with E-state index in [0.29, 0.717) is 11.1 Å². The second kappa shape index (κ2) is 5.06. The first-order chi connectivity index (χ1) is 12.2. The minimum absolute atomic E-state index is 0.142. The predicted molar refractivity (Wildman–Crippen MR) is 97.6 cm³/mol. The molecular weight excluding hydrogens is 332 g/mol. The second-order valence-corrected chi connectivity index (χ2v) is 7.59. The largest absolute Gasteiger partial charge is 0.481 e. The van der Waals surface area contributed by atoms with E-state index in [9.17, 15) is 14.4 Å². The molecule has 0 radical (unpaired) electrons. The number of hydrogen-bond acceptors (Lipinski definition) is 3. The van der Waals surface area contributed by atoms with Gasteiger partial charge in [0, 0.05) is 18.5 Å². The van der Waals surface area contributed by atoms with Crippen LogP contribution in [0.3, 0.4) is 0 Å². The number of hydrogen-bond donors (Lipinski definition) is 1. The van der Waals surface area contributed by atoms with Crippen molar-refractivity contribution < 1.29 is 19.5 Å². The number of carboxylic acids is 1. The standard InChI is InChI=1S/C20H20N2O4/c1-10(8-14(23)24)22-19(26)16-12(20(22,2)3)9-11-6-5-7-13-15(11)17(16)18(25)21(13)4/h5-7,9-10H,8H2,1-4H3,(H,23,24)/t10-/m0/s1. The Hall–Kier alpha value is -2.89. The van der Waals surface area contributed by atoms with Gasteiger partial charge in [0.25, 0.3) is 11.8 Å². The maximum absolute atomic E-state index is 13.3. The van der Waals surface area contributed by atoms with Crippen LogP contribution in [0, 0.1) is 0 Å². The highest BCUT2D eigenvalue weighted by atomic mass is 16.4. The summed E-state index contributed by atoms with van der Waals surface area (Å²) in [5, 5.41) is 10.9. The molecular formula is C20H20N2O4. The van der Waals surface area contributed by atoms with Crippen LogP contribution in [-0.4, -0.2) is 40.9 Å². The number of benzene rings is 2. The summed E-state index contributed by atoms with van der Waals surface area (Å²) in [7, 11) is 1.71. The number of carboxylic acid groups (broad SMARTS) is 1. The number of amides is 2. The number of nitrogens with zero attached hydrogens (tertiary/aromatic N) is 2. The fraction of sp³-hybridized carbons (Fsp3) is 0.350. The topological polar surface area (TPSA) is 77.9 Å². The molecule has 1 N–H and O–H groups in total. The fourth-order valence-corrected chi connectivity index (χ4v) is 4.51. The van der Waals surface area contributed by atoms with Crippen LogP contribution in [0.5, 0.6) is 0 Å². The van der Waals surface area contributed by atoms with Gasteiger partial charge in [-0.2, -0.15) is 0 Å². The van der Waals surface area contributed by atoms with Gasteiger partial charge < -0.3 is 14.9 Å². The molecule has 2 heterocycles. The Morgan fingerprint density at radius 2 is 1.88 bits per heavy atom. The van der Waals surface area contributed by atoms with Gasteiger partial charge >= 0.3 is 5.97 Å². The average molecular weight is 352 g/mol. The lowest BCUT2D eigenvalue weighted by atomic mass is 9.88. The maximum Gasteiger partial charge on any atom is 0.305 e. The molecule has 6 nitrogen and oxygen atoms in total. The first-order valence-electron chi connectivity index (χ1n) is 8.60. The van der Waals surface area contributed by atoms with Gasteiger partial charge in [-0.1, -0.05) is 12.1 Å². The van der Waals surface area contributed by atoms with E-state index in [4.69, 9.17) is 5.11 Å². The quantitative estimate of drug-likeness (QED) is 0.921. The Morgan fingerprint density at radius 3 is 2.54 bits per heavy atom. The van der Waals surface area contributed by atoms with Crippen molar-refractivity contribution in [3.63, 3.8) is 0 Å². The predicted octanol–water partition coefficient (Wildman–Crippen LogP) is 2.98. The van der Waals surface area contributed by atoms with Gasteiger partial charge in [0.2, 0.25) is 0 Å². The van der Waals surface area contributed by atoms with Crippen molar-refractivity contribution in [2.75, 3.05) is 11.9 Å². The summed E-state index contributed by atoms with van der Waals surface area (Å²) < 4.78 is 0. The lowest BCUT2D eigenvalue weighted by Gasteiger charge is -2.37. The van der Waals surface area contributed by atoms with E-state index in [1.165, 1.54) is 0 Å². The molecule has 1 atom stereocenters. The van der Waals surface area contributed by atoms with Crippen molar-refractivity contribution in [2.45, 2.75) is 38.8 Å². The number of carbonyl (C=O) groups excluding carboxylic acids is 2. The molecule has 2 aromatic carbocycles. The van der Waals surface area contributed by atoms with E-state index in [2.05, 4.69) is 0 Å². The molecule has 26 heavy (non-hydrogen) atoms. The average Bonchev–Trinajstić information content (AvgIpc) is 2.91. The third-order valence-corrected chi connectivity index (χ3v) is 5.63. The zero-order valence-corrected chi connectivity index (χ0v) is 15.2. The van der Waals surface area contributed by atoms with Crippen LogP contribution in [-0.2, 0) is 10.3 Å². The summed E-state index contributed by atoms with van der Waals surface area (Å²) in [4.78, 5) is 40.6. The highest BCUT2D eigenvalue weighted by molar-refractivity contribution is 6.29. The summed E-state index contributed by atoms with van der Waals surface area (Å²) in [6.45, 7) is 5.54. The van der Waals surface area contributed by atoms with Crippen LogP contribution in [0.25, 0.3) is 10.8 Å².